The minimum Gasteiger partial charge on any atom is -0.224 e. The second-order valence-corrected chi connectivity index (χ2v) is 10.1. The lowest BCUT2D eigenvalue weighted by atomic mass is 10.1. The lowest BCUT2D eigenvalue weighted by Gasteiger charge is -2.25. The van der Waals surface area contributed by atoms with Gasteiger partial charge in [-0.15, -0.1) is 0 Å². The Labute approximate surface area is 154 Å². The van der Waals surface area contributed by atoms with Crippen LogP contribution in [0.2, 0.25) is 0 Å². The van der Waals surface area contributed by atoms with Gasteiger partial charge in [-0.05, 0) is 49.1 Å². The fourth-order valence-corrected chi connectivity index (χ4v) is 5.00. The molecule has 2 aromatic carbocycles. The first-order valence-corrected chi connectivity index (χ1v) is 11.5. The topological polar surface area (TPSA) is 83.9 Å². The van der Waals surface area contributed by atoms with E-state index in [4.69, 9.17) is 0 Å². The zero-order valence-electron chi connectivity index (χ0n) is 14.6. The number of nitrogens with zero attached hydrogens (tertiary/aromatic N) is 2. The molecule has 0 spiro atoms. The third kappa shape index (κ3) is 3.66. The van der Waals surface area contributed by atoms with Crippen LogP contribution in [0.5, 0.6) is 0 Å². The smallest absolute Gasteiger partial charge is 0.224 e. The highest BCUT2D eigenvalue weighted by atomic mass is 32.2. The third-order valence-electron chi connectivity index (χ3n) is 4.26. The van der Waals surface area contributed by atoms with E-state index in [0.29, 0.717) is 30.7 Å². The average Bonchev–Trinajstić information content (AvgIpc) is 2.61. The van der Waals surface area contributed by atoms with Crippen molar-refractivity contribution in [1.82, 2.24) is 4.41 Å². The van der Waals surface area contributed by atoms with Crippen LogP contribution in [0, 0.1) is 6.92 Å². The minimum atomic E-state index is -3.72. The summed E-state index contributed by atoms with van der Waals surface area (Å²) in [6, 6.07) is 13.2. The second-order valence-electron chi connectivity index (χ2n) is 6.26. The van der Waals surface area contributed by atoms with E-state index in [0.717, 1.165) is 16.2 Å². The van der Waals surface area contributed by atoms with E-state index in [1.165, 1.54) is 12.1 Å². The predicted molar refractivity (Wildman–Crippen MR) is 100 cm³/mol. The van der Waals surface area contributed by atoms with Crippen LogP contribution >= 0.6 is 0 Å². The summed E-state index contributed by atoms with van der Waals surface area (Å²) in [5.41, 5.74) is 2.03. The number of sulfone groups is 1. The quantitative estimate of drug-likeness (QED) is 0.801. The summed E-state index contributed by atoms with van der Waals surface area (Å²) in [4.78, 5) is 0.472. The van der Waals surface area contributed by atoms with Crippen LogP contribution in [0.4, 0.5) is 0 Å². The fourth-order valence-electron chi connectivity index (χ4n) is 2.85. The number of rotatable bonds is 4. The number of hydrazone groups is 1. The first-order chi connectivity index (χ1) is 12.2. The first-order valence-electron chi connectivity index (χ1n) is 8.16. The van der Waals surface area contributed by atoms with Crippen molar-refractivity contribution in [3.8, 4) is 0 Å². The van der Waals surface area contributed by atoms with Gasteiger partial charge in [0.1, 0.15) is 0 Å². The van der Waals surface area contributed by atoms with Crippen LogP contribution in [0.15, 0.2) is 63.4 Å². The SMILES string of the molecule is Cc1ccccc1S(=O)(=O)N1CCCC(c2ccc(S(C)(=O)=O)cc2)=N1. The van der Waals surface area contributed by atoms with Crippen molar-refractivity contribution in [2.24, 2.45) is 5.10 Å². The van der Waals surface area contributed by atoms with Crippen molar-refractivity contribution >= 4 is 25.6 Å². The number of sulfonamides is 1. The molecule has 0 atom stereocenters. The zero-order chi connectivity index (χ0) is 18.9. The summed E-state index contributed by atoms with van der Waals surface area (Å²) in [6.07, 6.45) is 2.44. The maximum atomic E-state index is 12.9. The maximum Gasteiger partial charge on any atom is 0.279 e. The molecule has 0 N–H and O–H groups in total. The number of hydrogen-bond donors (Lipinski definition) is 0. The van der Waals surface area contributed by atoms with Gasteiger partial charge in [0.15, 0.2) is 9.84 Å². The van der Waals surface area contributed by atoms with Crippen molar-refractivity contribution < 1.29 is 16.8 Å². The molecule has 0 amide bonds. The lowest BCUT2D eigenvalue weighted by Crippen LogP contribution is -2.32. The summed E-state index contributed by atoms with van der Waals surface area (Å²) in [5.74, 6) is 0. The monoisotopic (exact) mass is 392 g/mol. The highest BCUT2D eigenvalue weighted by Crippen LogP contribution is 2.24. The van der Waals surface area contributed by atoms with Gasteiger partial charge in [0.2, 0.25) is 0 Å². The van der Waals surface area contributed by atoms with Crippen molar-refractivity contribution in [2.45, 2.75) is 29.6 Å². The van der Waals surface area contributed by atoms with Gasteiger partial charge >= 0.3 is 0 Å². The maximum absolute atomic E-state index is 12.9. The Morgan fingerprint density at radius 1 is 0.962 bits per heavy atom. The Kier molecular flexibility index (Phi) is 4.90. The molecule has 0 fully saturated rings. The standard InChI is InChI=1S/C18H20N2O4S2/c1-14-6-3-4-8-18(14)26(23,24)20-13-5-7-17(19-20)15-9-11-16(12-10-15)25(2,21)22/h3-4,6,8-12H,5,7,13H2,1-2H3. The number of benzene rings is 2. The van der Waals surface area contributed by atoms with E-state index >= 15 is 0 Å². The Hall–Kier alpha value is -2.19. The van der Waals surface area contributed by atoms with E-state index in [-0.39, 0.29) is 9.79 Å². The molecule has 0 bridgehead atoms. The van der Waals surface area contributed by atoms with E-state index < -0.39 is 19.9 Å². The van der Waals surface area contributed by atoms with Gasteiger partial charge in [0.05, 0.1) is 22.0 Å². The molecule has 0 saturated heterocycles. The number of aryl methyl sites for hydroxylation is 1. The van der Waals surface area contributed by atoms with Crippen molar-refractivity contribution in [2.75, 3.05) is 12.8 Å². The molecular formula is C18H20N2O4S2. The summed E-state index contributed by atoms with van der Waals surface area (Å²) in [6.45, 7) is 2.08. The molecule has 1 aliphatic heterocycles. The molecule has 1 aliphatic rings. The average molecular weight is 393 g/mol. The summed E-state index contributed by atoms with van der Waals surface area (Å²) < 4.78 is 50.1. The summed E-state index contributed by atoms with van der Waals surface area (Å²) in [5, 5.41) is 4.35. The molecular weight excluding hydrogens is 372 g/mol. The van der Waals surface area contributed by atoms with Gasteiger partial charge in [-0.3, -0.25) is 0 Å². The molecule has 0 saturated carbocycles. The first kappa shape index (κ1) is 18.6. The molecule has 1 heterocycles. The summed E-state index contributed by atoms with van der Waals surface area (Å²) >= 11 is 0. The second kappa shape index (κ2) is 6.85. The highest BCUT2D eigenvalue weighted by Gasteiger charge is 2.27. The van der Waals surface area contributed by atoms with E-state index in [1.54, 1.807) is 43.3 Å². The molecule has 0 aromatic heterocycles. The third-order valence-corrected chi connectivity index (χ3v) is 7.22. The van der Waals surface area contributed by atoms with Crippen molar-refractivity contribution in [3.05, 3.63) is 59.7 Å². The van der Waals surface area contributed by atoms with Gasteiger partial charge in [-0.1, -0.05) is 30.3 Å². The van der Waals surface area contributed by atoms with Crippen molar-refractivity contribution in [3.63, 3.8) is 0 Å². The van der Waals surface area contributed by atoms with Crippen LogP contribution < -0.4 is 0 Å². The Bertz CT molecular complexity index is 1060. The Morgan fingerprint density at radius 2 is 1.62 bits per heavy atom. The molecule has 0 radical (unpaired) electrons. The van der Waals surface area contributed by atoms with Crippen LogP contribution in [-0.4, -0.2) is 39.8 Å². The lowest BCUT2D eigenvalue weighted by molar-refractivity contribution is 0.410. The molecule has 6 nitrogen and oxygen atoms in total. The van der Waals surface area contributed by atoms with E-state index in [9.17, 15) is 16.8 Å². The molecule has 0 aliphatic carbocycles. The predicted octanol–water partition coefficient (Wildman–Crippen LogP) is 2.59. The van der Waals surface area contributed by atoms with Gasteiger partial charge in [-0.25, -0.2) is 8.42 Å². The van der Waals surface area contributed by atoms with Crippen LogP contribution in [-0.2, 0) is 19.9 Å². The van der Waals surface area contributed by atoms with Crippen LogP contribution in [0.3, 0.4) is 0 Å². The largest absolute Gasteiger partial charge is 0.279 e. The fraction of sp³-hybridized carbons (Fsp3) is 0.278. The molecule has 2 aromatic rings. The van der Waals surface area contributed by atoms with Gasteiger partial charge in [-0.2, -0.15) is 17.9 Å². The van der Waals surface area contributed by atoms with Gasteiger partial charge in [0.25, 0.3) is 10.0 Å². The van der Waals surface area contributed by atoms with Crippen LogP contribution in [0.1, 0.15) is 24.0 Å². The molecule has 0 unspecified atom stereocenters. The normalized spacial score (nSPS) is 15.6. The number of hydrogen-bond acceptors (Lipinski definition) is 5. The minimum absolute atomic E-state index is 0.224. The van der Waals surface area contributed by atoms with Gasteiger partial charge in [0, 0.05) is 6.26 Å². The van der Waals surface area contributed by atoms with Gasteiger partial charge < -0.3 is 0 Å². The Morgan fingerprint density at radius 3 is 2.23 bits per heavy atom. The highest BCUT2D eigenvalue weighted by molar-refractivity contribution is 7.90. The molecule has 26 heavy (non-hydrogen) atoms. The zero-order valence-corrected chi connectivity index (χ0v) is 16.2. The van der Waals surface area contributed by atoms with E-state index in [2.05, 4.69) is 5.10 Å². The molecule has 8 heteroatoms. The molecule has 138 valence electrons. The van der Waals surface area contributed by atoms with E-state index in [1.807, 2.05) is 0 Å². The molecule has 3 rings (SSSR count). The van der Waals surface area contributed by atoms with Crippen LogP contribution in [0.25, 0.3) is 0 Å². The van der Waals surface area contributed by atoms with Crippen molar-refractivity contribution in [1.29, 1.82) is 0 Å². The Balaban J connectivity index is 1.96. The summed E-state index contributed by atoms with van der Waals surface area (Å²) in [7, 11) is -6.99.